The minimum absolute atomic E-state index is 0.440. The van der Waals surface area contributed by atoms with Crippen molar-refractivity contribution in [1.29, 1.82) is 0 Å². The summed E-state index contributed by atoms with van der Waals surface area (Å²) in [6.45, 7) is 2.30. The summed E-state index contributed by atoms with van der Waals surface area (Å²) < 4.78 is 25.9. The van der Waals surface area contributed by atoms with E-state index < -0.39 is 17.5 Å². The number of anilines is 1. The molecule has 0 radical (unpaired) electrons. The topological polar surface area (TPSA) is 55.1 Å². The number of benzene rings is 2. The van der Waals surface area contributed by atoms with Crippen LogP contribution in [0.15, 0.2) is 36.4 Å². The van der Waals surface area contributed by atoms with Gasteiger partial charge in [-0.3, -0.25) is 4.79 Å². The molecule has 2 aromatic rings. The van der Waals surface area contributed by atoms with Crippen LogP contribution in [0, 0.1) is 18.6 Å². The van der Waals surface area contributed by atoms with Crippen LogP contribution in [0.1, 0.15) is 21.5 Å². The number of halogens is 2. The smallest absolute Gasteiger partial charge is 0.248 e. The van der Waals surface area contributed by atoms with E-state index in [4.69, 9.17) is 5.73 Å². The van der Waals surface area contributed by atoms with E-state index in [-0.39, 0.29) is 0 Å². The number of nitrogens with one attached hydrogen (secondary N) is 1. The van der Waals surface area contributed by atoms with Crippen LogP contribution >= 0.6 is 0 Å². The van der Waals surface area contributed by atoms with Gasteiger partial charge in [-0.05, 0) is 42.3 Å². The first-order valence-electron chi connectivity index (χ1n) is 6.05. The van der Waals surface area contributed by atoms with Gasteiger partial charge in [0.15, 0.2) is 11.6 Å². The Morgan fingerprint density at radius 3 is 2.50 bits per heavy atom. The number of hydrogen-bond acceptors (Lipinski definition) is 2. The summed E-state index contributed by atoms with van der Waals surface area (Å²) >= 11 is 0. The second kappa shape index (κ2) is 5.69. The van der Waals surface area contributed by atoms with Gasteiger partial charge in [0.1, 0.15) is 0 Å². The molecule has 0 aliphatic heterocycles. The highest BCUT2D eigenvalue weighted by molar-refractivity contribution is 5.93. The van der Waals surface area contributed by atoms with Crippen molar-refractivity contribution in [2.45, 2.75) is 13.5 Å². The lowest BCUT2D eigenvalue weighted by Gasteiger charge is -2.10. The summed E-state index contributed by atoms with van der Waals surface area (Å²) in [6, 6.07) is 8.75. The molecule has 0 heterocycles. The van der Waals surface area contributed by atoms with E-state index in [1.54, 1.807) is 18.2 Å². The van der Waals surface area contributed by atoms with E-state index in [0.29, 0.717) is 17.8 Å². The van der Waals surface area contributed by atoms with Crippen LogP contribution in [0.25, 0.3) is 0 Å². The van der Waals surface area contributed by atoms with E-state index in [0.717, 1.165) is 23.3 Å². The van der Waals surface area contributed by atoms with Crippen LogP contribution in [-0.4, -0.2) is 5.91 Å². The molecule has 0 saturated carbocycles. The summed E-state index contributed by atoms with van der Waals surface area (Å²) in [4.78, 5) is 11.0. The highest BCUT2D eigenvalue weighted by atomic mass is 19.2. The average molecular weight is 276 g/mol. The molecule has 0 unspecified atom stereocenters. The molecule has 20 heavy (non-hydrogen) atoms. The molecule has 104 valence electrons. The zero-order valence-corrected chi connectivity index (χ0v) is 10.9. The summed E-state index contributed by atoms with van der Waals surface area (Å²) in [5.41, 5.74) is 7.97. The van der Waals surface area contributed by atoms with E-state index in [1.807, 2.05) is 6.92 Å². The molecule has 0 aliphatic rings. The van der Waals surface area contributed by atoms with Crippen molar-refractivity contribution in [3.05, 3.63) is 64.7 Å². The minimum Gasteiger partial charge on any atom is -0.381 e. The van der Waals surface area contributed by atoms with Gasteiger partial charge >= 0.3 is 0 Å². The van der Waals surface area contributed by atoms with Crippen molar-refractivity contribution in [1.82, 2.24) is 0 Å². The SMILES string of the molecule is Cc1cc(C(N)=O)ccc1CNc1ccc(F)c(F)c1. The minimum atomic E-state index is -0.893. The van der Waals surface area contributed by atoms with Gasteiger partial charge in [-0.2, -0.15) is 0 Å². The van der Waals surface area contributed by atoms with Crippen molar-refractivity contribution in [2.24, 2.45) is 5.73 Å². The average Bonchev–Trinajstić information content (AvgIpc) is 2.41. The first-order chi connectivity index (χ1) is 9.47. The first-order valence-corrected chi connectivity index (χ1v) is 6.05. The zero-order chi connectivity index (χ0) is 14.7. The van der Waals surface area contributed by atoms with E-state index in [1.165, 1.54) is 6.07 Å². The summed E-state index contributed by atoms with van der Waals surface area (Å²) in [5.74, 6) is -2.25. The van der Waals surface area contributed by atoms with Gasteiger partial charge in [-0.15, -0.1) is 0 Å². The molecule has 5 heteroatoms. The Hall–Kier alpha value is -2.43. The van der Waals surface area contributed by atoms with Crippen LogP contribution in [-0.2, 0) is 6.54 Å². The second-order valence-corrected chi connectivity index (χ2v) is 4.49. The molecule has 3 N–H and O–H groups in total. The number of carbonyl (C=O) groups excluding carboxylic acids is 1. The maximum atomic E-state index is 13.1. The third kappa shape index (κ3) is 3.12. The number of hydrogen-bond donors (Lipinski definition) is 2. The van der Waals surface area contributed by atoms with E-state index in [2.05, 4.69) is 5.32 Å². The fraction of sp³-hybridized carbons (Fsp3) is 0.133. The molecule has 0 aromatic heterocycles. The zero-order valence-electron chi connectivity index (χ0n) is 10.9. The van der Waals surface area contributed by atoms with Crippen LogP contribution in [0.4, 0.5) is 14.5 Å². The van der Waals surface area contributed by atoms with Gasteiger partial charge in [-0.1, -0.05) is 6.07 Å². The molecule has 0 fully saturated rings. The van der Waals surface area contributed by atoms with Gasteiger partial charge in [0.2, 0.25) is 5.91 Å². The van der Waals surface area contributed by atoms with Crippen molar-refractivity contribution in [3.8, 4) is 0 Å². The number of aryl methyl sites for hydroxylation is 1. The van der Waals surface area contributed by atoms with Crippen LogP contribution in [0.2, 0.25) is 0 Å². The lowest BCUT2D eigenvalue weighted by atomic mass is 10.0. The molecule has 1 amide bonds. The molecule has 0 spiro atoms. The first kappa shape index (κ1) is 14.0. The summed E-state index contributed by atoms with van der Waals surface area (Å²) in [5, 5.41) is 3.00. The quantitative estimate of drug-likeness (QED) is 0.902. The van der Waals surface area contributed by atoms with Crippen molar-refractivity contribution >= 4 is 11.6 Å². The normalized spacial score (nSPS) is 10.3. The molecule has 0 bridgehead atoms. The number of carbonyl (C=O) groups is 1. The van der Waals surface area contributed by atoms with Crippen molar-refractivity contribution < 1.29 is 13.6 Å². The Kier molecular flexibility index (Phi) is 3.98. The molecular weight excluding hydrogens is 262 g/mol. The lowest BCUT2D eigenvalue weighted by molar-refractivity contribution is 0.1000. The standard InChI is InChI=1S/C15H14F2N2O/c1-9-6-10(15(18)20)2-3-11(9)8-19-12-4-5-13(16)14(17)7-12/h2-7,19H,8H2,1H3,(H2,18,20). The highest BCUT2D eigenvalue weighted by Gasteiger charge is 2.05. The summed E-state index contributed by atoms with van der Waals surface area (Å²) in [7, 11) is 0. The van der Waals surface area contributed by atoms with Crippen molar-refractivity contribution in [2.75, 3.05) is 5.32 Å². The van der Waals surface area contributed by atoms with Crippen LogP contribution in [0.3, 0.4) is 0 Å². The molecule has 2 aromatic carbocycles. The Balaban J connectivity index is 2.10. The van der Waals surface area contributed by atoms with Gasteiger partial charge in [0.25, 0.3) is 0 Å². The van der Waals surface area contributed by atoms with Gasteiger partial charge in [0.05, 0.1) is 0 Å². The largest absolute Gasteiger partial charge is 0.381 e. The Bertz CT molecular complexity index is 656. The van der Waals surface area contributed by atoms with E-state index in [9.17, 15) is 13.6 Å². The lowest BCUT2D eigenvalue weighted by Crippen LogP contribution is -2.11. The van der Waals surface area contributed by atoms with Gasteiger partial charge < -0.3 is 11.1 Å². The summed E-state index contributed by atoms with van der Waals surface area (Å²) in [6.07, 6.45) is 0. The molecular formula is C15H14F2N2O. The maximum Gasteiger partial charge on any atom is 0.248 e. The fourth-order valence-electron chi connectivity index (χ4n) is 1.85. The maximum absolute atomic E-state index is 13.1. The Morgan fingerprint density at radius 1 is 1.15 bits per heavy atom. The number of amides is 1. The molecule has 2 rings (SSSR count). The Morgan fingerprint density at radius 2 is 1.90 bits per heavy atom. The predicted octanol–water partition coefficient (Wildman–Crippen LogP) is 2.98. The monoisotopic (exact) mass is 276 g/mol. The highest BCUT2D eigenvalue weighted by Crippen LogP contribution is 2.16. The third-order valence-corrected chi connectivity index (χ3v) is 3.03. The second-order valence-electron chi connectivity index (χ2n) is 4.49. The van der Waals surface area contributed by atoms with Gasteiger partial charge in [0, 0.05) is 23.9 Å². The third-order valence-electron chi connectivity index (χ3n) is 3.03. The number of rotatable bonds is 4. The number of primary amides is 1. The fourth-order valence-corrected chi connectivity index (χ4v) is 1.85. The molecule has 0 aliphatic carbocycles. The van der Waals surface area contributed by atoms with Crippen molar-refractivity contribution in [3.63, 3.8) is 0 Å². The molecule has 0 atom stereocenters. The Labute approximate surface area is 115 Å². The molecule has 3 nitrogen and oxygen atoms in total. The van der Waals surface area contributed by atoms with Crippen LogP contribution in [0.5, 0.6) is 0 Å². The van der Waals surface area contributed by atoms with Crippen LogP contribution < -0.4 is 11.1 Å². The predicted molar refractivity (Wildman–Crippen MR) is 73.4 cm³/mol. The number of nitrogens with two attached hydrogens (primary N) is 1. The van der Waals surface area contributed by atoms with Gasteiger partial charge in [-0.25, -0.2) is 8.78 Å². The van der Waals surface area contributed by atoms with E-state index >= 15 is 0 Å². The molecule has 0 saturated heterocycles.